The van der Waals surface area contributed by atoms with E-state index in [0.717, 1.165) is 31.7 Å². The highest BCUT2D eigenvalue weighted by Crippen LogP contribution is 2.30. The van der Waals surface area contributed by atoms with E-state index in [1.54, 1.807) is 0 Å². The van der Waals surface area contributed by atoms with Crippen LogP contribution in [0.25, 0.3) is 0 Å². The van der Waals surface area contributed by atoms with Crippen molar-refractivity contribution in [2.75, 3.05) is 26.2 Å². The molecule has 4 atom stereocenters. The quantitative estimate of drug-likeness (QED) is 0.810. The van der Waals surface area contributed by atoms with Gasteiger partial charge in [-0.05, 0) is 64.5 Å². The van der Waals surface area contributed by atoms with Crippen molar-refractivity contribution in [2.45, 2.75) is 77.5 Å². The summed E-state index contributed by atoms with van der Waals surface area (Å²) in [7, 11) is 0. The number of ether oxygens (including phenoxy) is 1. The number of nitrogens with zero attached hydrogens (tertiary/aromatic N) is 1. The molecular formula is C17H34N2O. The molecule has 1 saturated heterocycles. The van der Waals surface area contributed by atoms with Crippen molar-refractivity contribution in [3.8, 4) is 0 Å². The Bertz CT molecular complexity index is 268. The highest BCUT2D eigenvalue weighted by atomic mass is 16.5. The molecule has 4 unspecified atom stereocenters. The van der Waals surface area contributed by atoms with E-state index in [-0.39, 0.29) is 0 Å². The first-order chi connectivity index (χ1) is 9.74. The first-order valence-electron chi connectivity index (χ1n) is 8.83. The van der Waals surface area contributed by atoms with Crippen LogP contribution in [0.15, 0.2) is 0 Å². The lowest BCUT2D eigenvalue weighted by atomic mass is 9.81. The number of nitrogens with one attached hydrogen (secondary N) is 1. The Morgan fingerprint density at radius 2 is 2.05 bits per heavy atom. The number of piperidine rings is 1. The first-order valence-corrected chi connectivity index (χ1v) is 8.83. The van der Waals surface area contributed by atoms with E-state index in [2.05, 4.69) is 31.0 Å². The summed E-state index contributed by atoms with van der Waals surface area (Å²) in [6.07, 6.45) is 8.36. The van der Waals surface area contributed by atoms with E-state index >= 15 is 0 Å². The molecule has 3 heteroatoms. The Labute approximate surface area is 125 Å². The van der Waals surface area contributed by atoms with E-state index in [9.17, 15) is 0 Å². The fourth-order valence-electron chi connectivity index (χ4n) is 3.96. The van der Waals surface area contributed by atoms with E-state index in [4.69, 9.17) is 4.74 Å². The van der Waals surface area contributed by atoms with Crippen LogP contribution in [0.5, 0.6) is 0 Å². The van der Waals surface area contributed by atoms with Crippen LogP contribution in [0.1, 0.15) is 59.3 Å². The first kappa shape index (κ1) is 16.3. The maximum atomic E-state index is 5.89. The maximum absolute atomic E-state index is 5.89. The van der Waals surface area contributed by atoms with Crippen molar-refractivity contribution >= 4 is 0 Å². The molecule has 0 radical (unpaired) electrons. The zero-order valence-corrected chi connectivity index (χ0v) is 13.7. The minimum Gasteiger partial charge on any atom is -0.377 e. The van der Waals surface area contributed by atoms with Gasteiger partial charge in [0.25, 0.3) is 0 Å². The Balaban J connectivity index is 1.94. The number of likely N-dealkylation sites (tertiary alicyclic amines) is 1. The van der Waals surface area contributed by atoms with E-state index in [1.807, 2.05) is 0 Å². The van der Waals surface area contributed by atoms with Crippen LogP contribution < -0.4 is 5.32 Å². The van der Waals surface area contributed by atoms with Crippen molar-refractivity contribution in [1.82, 2.24) is 10.2 Å². The largest absolute Gasteiger partial charge is 0.377 e. The zero-order valence-electron chi connectivity index (χ0n) is 13.7. The van der Waals surface area contributed by atoms with Gasteiger partial charge in [0.15, 0.2) is 0 Å². The number of hydrogen-bond donors (Lipinski definition) is 1. The maximum Gasteiger partial charge on any atom is 0.0702 e. The van der Waals surface area contributed by atoms with E-state index in [0.29, 0.717) is 12.1 Å². The molecule has 1 heterocycles. The van der Waals surface area contributed by atoms with Gasteiger partial charge in [0.2, 0.25) is 0 Å². The summed E-state index contributed by atoms with van der Waals surface area (Å²) in [5.74, 6) is 0.882. The molecular weight excluding hydrogens is 248 g/mol. The monoisotopic (exact) mass is 282 g/mol. The molecule has 1 aliphatic heterocycles. The van der Waals surface area contributed by atoms with Crippen LogP contribution in [0.3, 0.4) is 0 Å². The summed E-state index contributed by atoms with van der Waals surface area (Å²) < 4.78 is 5.89. The predicted octanol–water partition coefficient (Wildman–Crippen LogP) is 3.04. The van der Waals surface area contributed by atoms with Crippen LogP contribution >= 0.6 is 0 Å². The van der Waals surface area contributed by atoms with Gasteiger partial charge in [-0.2, -0.15) is 0 Å². The molecule has 1 saturated carbocycles. The lowest BCUT2D eigenvalue weighted by molar-refractivity contribution is -0.0218. The minimum atomic E-state index is 0.470. The molecule has 1 aliphatic carbocycles. The molecule has 0 aromatic carbocycles. The Hall–Kier alpha value is -0.120. The third-order valence-electron chi connectivity index (χ3n) is 5.02. The van der Waals surface area contributed by atoms with Gasteiger partial charge in [0.05, 0.1) is 6.10 Å². The molecule has 1 N–H and O–H groups in total. The minimum absolute atomic E-state index is 0.470. The van der Waals surface area contributed by atoms with Gasteiger partial charge in [-0.1, -0.05) is 13.8 Å². The van der Waals surface area contributed by atoms with E-state index in [1.165, 1.54) is 45.1 Å². The summed E-state index contributed by atoms with van der Waals surface area (Å²) in [6, 6.07) is 1.43. The molecule has 2 rings (SSSR count). The number of hydrogen-bond acceptors (Lipinski definition) is 3. The molecule has 0 amide bonds. The Kier molecular flexibility index (Phi) is 6.79. The van der Waals surface area contributed by atoms with E-state index < -0.39 is 0 Å². The zero-order chi connectivity index (χ0) is 14.4. The summed E-state index contributed by atoms with van der Waals surface area (Å²) >= 11 is 0. The van der Waals surface area contributed by atoms with Gasteiger partial charge in [-0.15, -0.1) is 0 Å². The van der Waals surface area contributed by atoms with Gasteiger partial charge in [-0.25, -0.2) is 0 Å². The second-order valence-electron chi connectivity index (χ2n) is 6.76. The Morgan fingerprint density at radius 1 is 1.20 bits per heavy atom. The van der Waals surface area contributed by atoms with Crippen molar-refractivity contribution < 1.29 is 4.74 Å². The molecule has 2 fully saturated rings. The summed E-state index contributed by atoms with van der Waals surface area (Å²) in [4.78, 5) is 2.73. The Morgan fingerprint density at radius 3 is 2.80 bits per heavy atom. The van der Waals surface area contributed by atoms with Crippen LogP contribution in [-0.2, 0) is 4.74 Å². The summed E-state index contributed by atoms with van der Waals surface area (Å²) in [5, 5.41) is 3.80. The van der Waals surface area contributed by atoms with Gasteiger partial charge in [-0.3, -0.25) is 4.90 Å². The highest BCUT2D eigenvalue weighted by Gasteiger charge is 2.34. The normalized spacial score (nSPS) is 36.1. The van der Waals surface area contributed by atoms with Gasteiger partial charge in [0, 0.05) is 25.2 Å². The second-order valence-corrected chi connectivity index (χ2v) is 6.76. The van der Waals surface area contributed by atoms with Crippen molar-refractivity contribution in [2.24, 2.45) is 5.92 Å². The van der Waals surface area contributed by atoms with Gasteiger partial charge < -0.3 is 10.1 Å². The molecule has 3 nitrogen and oxygen atoms in total. The van der Waals surface area contributed by atoms with Crippen LogP contribution in [0.4, 0.5) is 0 Å². The standard InChI is InChI=1S/C17H34N2O/c1-4-10-18-16-9-8-14(3)12-17(16)19-11-6-7-15(13-19)20-5-2/h14-18H,4-13H2,1-3H3. The molecule has 20 heavy (non-hydrogen) atoms. The topological polar surface area (TPSA) is 24.5 Å². The highest BCUT2D eigenvalue weighted by molar-refractivity contribution is 4.92. The third-order valence-corrected chi connectivity index (χ3v) is 5.02. The van der Waals surface area contributed by atoms with Gasteiger partial charge >= 0.3 is 0 Å². The second kappa shape index (κ2) is 8.35. The fraction of sp³-hybridized carbons (Fsp3) is 1.00. The molecule has 0 aromatic heterocycles. The average Bonchev–Trinajstić information content (AvgIpc) is 2.46. The van der Waals surface area contributed by atoms with Crippen molar-refractivity contribution in [3.63, 3.8) is 0 Å². The van der Waals surface area contributed by atoms with Crippen LogP contribution in [0.2, 0.25) is 0 Å². The molecule has 0 spiro atoms. The van der Waals surface area contributed by atoms with Gasteiger partial charge in [0.1, 0.15) is 0 Å². The smallest absolute Gasteiger partial charge is 0.0702 e. The summed E-state index contributed by atoms with van der Waals surface area (Å²) in [6.45, 7) is 11.2. The lowest BCUT2D eigenvalue weighted by Gasteiger charge is -2.45. The molecule has 2 aliphatic rings. The molecule has 0 aromatic rings. The van der Waals surface area contributed by atoms with Crippen LogP contribution in [0, 0.1) is 5.92 Å². The third kappa shape index (κ3) is 4.44. The summed E-state index contributed by atoms with van der Waals surface area (Å²) in [5.41, 5.74) is 0. The van der Waals surface area contributed by atoms with Crippen molar-refractivity contribution in [1.29, 1.82) is 0 Å². The average molecular weight is 282 g/mol. The SMILES string of the molecule is CCCNC1CCC(C)CC1N1CCCC(OCC)C1. The van der Waals surface area contributed by atoms with Crippen LogP contribution in [-0.4, -0.2) is 49.3 Å². The predicted molar refractivity (Wildman–Crippen MR) is 85.1 cm³/mol. The fourth-order valence-corrected chi connectivity index (χ4v) is 3.96. The van der Waals surface area contributed by atoms with Crippen molar-refractivity contribution in [3.05, 3.63) is 0 Å². The lowest BCUT2D eigenvalue weighted by Crippen LogP contribution is -2.56. The molecule has 0 bridgehead atoms. The number of rotatable bonds is 6. The molecule has 118 valence electrons.